The third-order valence-corrected chi connectivity index (χ3v) is 2.49. The van der Waals surface area contributed by atoms with Gasteiger partial charge in [-0.25, -0.2) is 0 Å². The van der Waals surface area contributed by atoms with Gasteiger partial charge < -0.3 is 4.90 Å². The lowest BCUT2D eigenvalue weighted by Crippen LogP contribution is -2.26. The molecule has 0 saturated carbocycles. The summed E-state index contributed by atoms with van der Waals surface area (Å²) in [6.07, 6.45) is 5.63. The van der Waals surface area contributed by atoms with Crippen LogP contribution in [0.2, 0.25) is 0 Å². The Bertz CT molecular complexity index is 418. The second-order valence-corrected chi connectivity index (χ2v) is 4.02. The molecule has 2 nitrogen and oxygen atoms in total. The summed E-state index contributed by atoms with van der Waals surface area (Å²) in [6, 6.07) is 9.98. The van der Waals surface area contributed by atoms with Crippen molar-refractivity contribution in [1.29, 1.82) is 0 Å². The summed E-state index contributed by atoms with van der Waals surface area (Å²) >= 11 is 0. The van der Waals surface area contributed by atoms with Crippen LogP contribution in [0.15, 0.2) is 54.1 Å². The van der Waals surface area contributed by atoms with Gasteiger partial charge in [0.2, 0.25) is 5.91 Å². The van der Waals surface area contributed by atoms with Crippen LogP contribution in [-0.2, 0) is 11.3 Å². The van der Waals surface area contributed by atoms with E-state index in [1.807, 2.05) is 69.5 Å². The van der Waals surface area contributed by atoms with Crippen molar-refractivity contribution in [3.8, 4) is 0 Å². The molecule has 1 aromatic carbocycles. The van der Waals surface area contributed by atoms with Crippen molar-refractivity contribution in [3.05, 3.63) is 59.7 Å². The molecule has 0 bridgehead atoms. The Kier molecular flexibility index (Phi) is 5.21. The van der Waals surface area contributed by atoms with E-state index in [9.17, 15) is 4.79 Å². The first-order valence-electron chi connectivity index (χ1n) is 5.74. The Labute approximate surface area is 103 Å². The highest BCUT2D eigenvalue weighted by Gasteiger charge is 2.10. The molecule has 0 N–H and O–H groups in total. The number of benzene rings is 1. The van der Waals surface area contributed by atoms with Gasteiger partial charge in [0.1, 0.15) is 0 Å². The monoisotopic (exact) mass is 229 g/mol. The molecule has 0 spiro atoms. The molecule has 0 aliphatic heterocycles. The fourth-order valence-corrected chi connectivity index (χ4v) is 1.54. The molecule has 2 heteroatoms. The van der Waals surface area contributed by atoms with Crippen LogP contribution in [-0.4, -0.2) is 17.9 Å². The maximum atomic E-state index is 12.0. The van der Waals surface area contributed by atoms with E-state index < -0.39 is 0 Å². The van der Waals surface area contributed by atoms with Gasteiger partial charge in [-0.2, -0.15) is 0 Å². The first kappa shape index (κ1) is 13.2. The molecule has 1 amide bonds. The number of carbonyl (C=O) groups excluding carboxylic acids is 1. The Balaban J connectivity index is 2.65. The van der Waals surface area contributed by atoms with E-state index >= 15 is 0 Å². The van der Waals surface area contributed by atoms with Gasteiger partial charge in [0, 0.05) is 19.2 Å². The summed E-state index contributed by atoms with van der Waals surface area (Å²) in [5.74, 6) is 0.0620. The van der Waals surface area contributed by atoms with Crippen molar-refractivity contribution in [2.45, 2.75) is 20.4 Å². The Hall–Kier alpha value is -1.83. The molecule has 1 aromatic rings. The van der Waals surface area contributed by atoms with Gasteiger partial charge in [0.05, 0.1) is 0 Å². The van der Waals surface area contributed by atoms with Crippen LogP contribution in [0, 0.1) is 0 Å². The molecule has 0 aliphatic rings. The van der Waals surface area contributed by atoms with Crippen molar-refractivity contribution in [3.63, 3.8) is 0 Å². The Morgan fingerprint density at radius 1 is 1.29 bits per heavy atom. The lowest BCUT2D eigenvalue weighted by molar-refractivity contribution is -0.126. The molecule has 0 atom stereocenters. The van der Waals surface area contributed by atoms with Gasteiger partial charge in [-0.05, 0) is 19.4 Å². The quantitative estimate of drug-likeness (QED) is 0.573. The lowest BCUT2D eigenvalue weighted by atomic mass is 10.2. The average Bonchev–Trinajstić information content (AvgIpc) is 2.36. The molecule has 0 aromatic heterocycles. The van der Waals surface area contributed by atoms with E-state index in [-0.39, 0.29) is 5.91 Å². The lowest BCUT2D eigenvalue weighted by Gasteiger charge is -2.17. The topological polar surface area (TPSA) is 20.3 Å². The van der Waals surface area contributed by atoms with E-state index in [0.717, 1.165) is 11.1 Å². The molecule has 17 heavy (non-hydrogen) atoms. The first-order chi connectivity index (χ1) is 8.15. The molecule has 0 unspecified atom stereocenters. The minimum Gasteiger partial charge on any atom is -0.338 e. The SMILES string of the molecule is C/C=C\C=C(/C)C(=O)N(C)Cc1ccccc1. The van der Waals surface area contributed by atoms with E-state index in [1.165, 1.54) is 0 Å². The fourth-order valence-electron chi connectivity index (χ4n) is 1.54. The van der Waals surface area contributed by atoms with Crippen LogP contribution in [0.3, 0.4) is 0 Å². The van der Waals surface area contributed by atoms with Crippen LogP contribution in [0.4, 0.5) is 0 Å². The number of hydrogen-bond donors (Lipinski definition) is 0. The summed E-state index contributed by atoms with van der Waals surface area (Å²) in [7, 11) is 1.82. The number of carbonyl (C=O) groups is 1. The summed E-state index contributed by atoms with van der Waals surface area (Å²) in [5.41, 5.74) is 1.89. The van der Waals surface area contributed by atoms with E-state index in [0.29, 0.717) is 6.54 Å². The third-order valence-electron chi connectivity index (χ3n) is 2.49. The standard InChI is InChI=1S/C15H19NO/c1-4-5-9-13(2)15(17)16(3)12-14-10-7-6-8-11-14/h4-11H,12H2,1-3H3/b5-4-,13-9+. The van der Waals surface area contributed by atoms with Crippen LogP contribution < -0.4 is 0 Å². The van der Waals surface area contributed by atoms with Crippen LogP contribution in [0.25, 0.3) is 0 Å². The maximum Gasteiger partial charge on any atom is 0.249 e. The molecule has 0 radical (unpaired) electrons. The number of nitrogens with zero attached hydrogens (tertiary/aromatic N) is 1. The number of rotatable bonds is 4. The van der Waals surface area contributed by atoms with E-state index in [1.54, 1.807) is 4.90 Å². The number of amides is 1. The number of hydrogen-bond acceptors (Lipinski definition) is 1. The van der Waals surface area contributed by atoms with Gasteiger partial charge in [-0.3, -0.25) is 4.79 Å². The van der Waals surface area contributed by atoms with Crippen molar-refractivity contribution in [2.75, 3.05) is 7.05 Å². The third kappa shape index (κ3) is 4.27. The smallest absolute Gasteiger partial charge is 0.249 e. The van der Waals surface area contributed by atoms with Crippen LogP contribution in [0.1, 0.15) is 19.4 Å². The molecule has 0 heterocycles. The summed E-state index contributed by atoms with van der Waals surface area (Å²) in [6.45, 7) is 4.41. The van der Waals surface area contributed by atoms with Gasteiger partial charge >= 0.3 is 0 Å². The van der Waals surface area contributed by atoms with Crippen molar-refractivity contribution in [1.82, 2.24) is 4.90 Å². The maximum absolute atomic E-state index is 12.0. The molecule has 0 saturated heterocycles. The van der Waals surface area contributed by atoms with Gasteiger partial charge in [-0.1, -0.05) is 48.6 Å². The zero-order valence-corrected chi connectivity index (χ0v) is 10.7. The van der Waals surface area contributed by atoms with Crippen LogP contribution in [0.5, 0.6) is 0 Å². The molecular weight excluding hydrogens is 210 g/mol. The number of likely N-dealkylation sites (N-methyl/N-ethyl adjacent to an activating group) is 1. The second-order valence-electron chi connectivity index (χ2n) is 4.02. The molecule has 90 valence electrons. The highest BCUT2D eigenvalue weighted by Crippen LogP contribution is 2.06. The minimum absolute atomic E-state index is 0.0620. The van der Waals surface area contributed by atoms with E-state index in [4.69, 9.17) is 0 Å². The molecule has 0 aliphatic carbocycles. The first-order valence-corrected chi connectivity index (χ1v) is 5.74. The largest absolute Gasteiger partial charge is 0.338 e. The van der Waals surface area contributed by atoms with E-state index in [2.05, 4.69) is 0 Å². The second kappa shape index (κ2) is 6.69. The van der Waals surface area contributed by atoms with Crippen molar-refractivity contribution in [2.24, 2.45) is 0 Å². The molecule has 1 rings (SSSR count). The highest BCUT2D eigenvalue weighted by atomic mass is 16.2. The van der Waals surface area contributed by atoms with Crippen molar-refractivity contribution < 1.29 is 4.79 Å². The molecular formula is C15H19NO. The van der Waals surface area contributed by atoms with Gasteiger partial charge in [-0.15, -0.1) is 0 Å². The fraction of sp³-hybridized carbons (Fsp3) is 0.267. The Morgan fingerprint density at radius 2 is 1.94 bits per heavy atom. The predicted molar refractivity (Wildman–Crippen MR) is 71.5 cm³/mol. The van der Waals surface area contributed by atoms with Gasteiger partial charge in [0.15, 0.2) is 0 Å². The zero-order chi connectivity index (χ0) is 12.7. The van der Waals surface area contributed by atoms with Crippen molar-refractivity contribution >= 4 is 5.91 Å². The normalized spacial score (nSPS) is 11.8. The number of allylic oxidation sites excluding steroid dienone is 3. The predicted octanol–water partition coefficient (Wildman–Crippen LogP) is 3.17. The van der Waals surface area contributed by atoms with Crippen LogP contribution >= 0.6 is 0 Å². The minimum atomic E-state index is 0.0620. The highest BCUT2D eigenvalue weighted by molar-refractivity contribution is 5.92. The molecule has 0 fully saturated rings. The van der Waals surface area contributed by atoms with Gasteiger partial charge in [0.25, 0.3) is 0 Å². The zero-order valence-electron chi connectivity index (χ0n) is 10.7. The Morgan fingerprint density at radius 3 is 2.53 bits per heavy atom. The summed E-state index contributed by atoms with van der Waals surface area (Å²) < 4.78 is 0. The summed E-state index contributed by atoms with van der Waals surface area (Å²) in [5, 5.41) is 0. The average molecular weight is 229 g/mol. The summed E-state index contributed by atoms with van der Waals surface area (Å²) in [4.78, 5) is 13.7.